The second-order valence-electron chi connectivity index (χ2n) is 17.7. The molecular formula is C47H64F3N7O6S. The van der Waals surface area contributed by atoms with Crippen molar-refractivity contribution in [3.8, 4) is 17.0 Å². The van der Waals surface area contributed by atoms with Crippen LogP contribution in [0, 0.1) is 28.3 Å². The normalized spacial score (nSPS) is 16.2. The average Bonchev–Trinajstić information content (AvgIpc) is 3.87. The minimum absolute atomic E-state index is 0.0206. The number of piperazine rings is 1. The lowest BCUT2D eigenvalue weighted by Gasteiger charge is -2.38. The Balaban J connectivity index is 0.00000380. The van der Waals surface area contributed by atoms with Crippen molar-refractivity contribution in [2.45, 2.75) is 86.6 Å². The summed E-state index contributed by atoms with van der Waals surface area (Å²) in [5.41, 5.74) is 0.732. The van der Waals surface area contributed by atoms with Gasteiger partial charge >= 0.3 is 0 Å². The van der Waals surface area contributed by atoms with Crippen molar-refractivity contribution in [3.05, 3.63) is 71.0 Å². The number of morpholine rings is 1. The third-order valence-corrected chi connectivity index (χ3v) is 12.8. The molecule has 4 amide bonds. The predicted molar refractivity (Wildman–Crippen MR) is 244 cm³/mol. The minimum atomic E-state index is -1.17. The van der Waals surface area contributed by atoms with Crippen LogP contribution in [0.25, 0.3) is 11.3 Å². The molecule has 2 N–H and O–H groups in total. The Morgan fingerprint density at radius 3 is 2.22 bits per heavy atom. The highest BCUT2D eigenvalue weighted by molar-refractivity contribution is 7.14. The van der Waals surface area contributed by atoms with E-state index in [0.717, 1.165) is 48.0 Å². The number of carbonyl (C=O) groups is 4. The largest absolute Gasteiger partial charge is 0.480 e. The molecule has 0 bridgehead atoms. The second kappa shape index (κ2) is 22.3. The highest BCUT2D eigenvalue weighted by Gasteiger charge is 2.43. The molecule has 1 atom stereocenters. The molecule has 2 aromatic carbocycles. The zero-order valence-corrected chi connectivity index (χ0v) is 39.1. The Bertz CT molecular complexity index is 2130. The van der Waals surface area contributed by atoms with Gasteiger partial charge in [0, 0.05) is 56.8 Å². The van der Waals surface area contributed by atoms with E-state index in [4.69, 9.17) is 9.47 Å². The molecule has 13 nitrogen and oxygen atoms in total. The number of aromatic nitrogens is 1. The van der Waals surface area contributed by atoms with E-state index in [1.54, 1.807) is 5.38 Å². The predicted octanol–water partition coefficient (Wildman–Crippen LogP) is 7.65. The molecule has 3 aliphatic rings. The fraction of sp³-hybridized carbons (Fsp3) is 0.553. The summed E-state index contributed by atoms with van der Waals surface area (Å²) in [4.78, 5) is 64.3. The standard InChI is InChI=1S/C45H58F3N7O6S.C2H6/c1-7-9-35(40(57)49-8-2)55-41(58)30-24-33(47)36(25-31(30)42(55)59)53-18-16-52(17-19-53)15-14-44(3,4)12-13-45(5,6)28-50-37(56)26-61-39-29(10-11-32(46)38(39)48)34-27-62-43(51-34)54-20-22-60-23-21-54;1-2/h8,10-11,24-25,27,35H,2,7,9,12-23,26,28H2,1,3-6H3,(H,49,57)(H,50,56);1-2H3. The van der Waals surface area contributed by atoms with Crippen LogP contribution in [0.1, 0.15) is 101 Å². The first-order chi connectivity index (χ1) is 30.5. The number of fused-ring (bicyclic) bond motifs is 1. The first-order valence-corrected chi connectivity index (χ1v) is 23.2. The number of nitrogens with zero attached hydrogens (tertiary/aromatic N) is 5. The molecule has 1 aromatic heterocycles. The number of ether oxygens (including phenoxy) is 2. The first-order valence-electron chi connectivity index (χ1n) is 22.3. The van der Waals surface area contributed by atoms with E-state index < -0.39 is 53.7 Å². The lowest BCUT2D eigenvalue weighted by Crippen LogP contribution is -2.48. The lowest BCUT2D eigenvalue weighted by atomic mass is 9.77. The van der Waals surface area contributed by atoms with Gasteiger partial charge in [0.05, 0.1) is 35.7 Å². The van der Waals surface area contributed by atoms with Crippen molar-refractivity contribution in [2.24, 2.45) is 10.8 Å². The summed E-state index contributed by atoms with van der Waals surface area (Å²) >= 11 is 1.39. The Hall–Kier alpha value is -5.00. The van der Waals surface area contributed by atoms with Crippen molar-refractivity contribution in [1.82, 2.24) is 25.4 Å². The Morgan fingerprint density at radius 2 is 1.56 bits per heavy atom. The van der Waals surface area contributed by atoms with Gasteiger partial charge in [-0.2, -0.15) is 4.39 Å². The number of carbonyl (C=O) groups excluding carboxylic acids is 4. The number of hydrogen-bond donors (Lipinski definition) is 2. The van der Waals surface area contributed by atoms with Crippen LogP contribution in [0.2, 0.25) is 0 Å². The highest BCUT2D eigenvalue weighted by atomic mass is 32.1. The molecule has 0 aliphatic carbocycles. The summed E-state index contributed by atoms with van der Waals surface area (Å²) in [5, 5.41) is 7.88. The fourth-order valence-electron chi connectivity index (χ4n) is 7.89. The van der Waals surface area contributed by atoms with Crippen LogP contribution in [0.15, 0.2) is 42.4 Å². The quantitative estimate of drug-likeness (QED) is 0.116. The number of imide groups is 1. The van der Waals surface area contributed by atoms with Gasteiger partial charge in [0.2, 0.25) is 11.7 Å². The molecule has 0 spiro atoms. The monoisotopic (exact) mass is 911 g/mol. The van der Waals surface area contributed by atoms with Gasteiger partial charge in [0.25, 0.3) is 17.7 Å². The smallest absolute Gasteiger partial charge is 0.262 e. The third-order valence-electron chi connectivity index (χ3n) is 11.9. The van der Waals surface area contributed by atoms with Gasteiger partial charge in [-0.1, -0.05) is 61.5 Å². The van der Waals surface area contributed by atoms with Crippen LogP contribution in [0.3, 0.4) is 0 Å². The van der Waals surface area contributed by atoms with Gasteiger partial charge in [-0.05, 0) is 73.5 Å². The minimum Gasteiger partial charge on any atom is -0.480 e. The van der Waals surface area contributed by atoms with Crippen LogP contribution in [0.4, 0.5) is 24.0 Å². The molecule has 3 aromatic rings. The van der Waals surface area contributed by atoms with Crippen LogP contribution in [0.5, 0.6) is 5.75 Å². The lowest BCUT2D eigenvalue weighted by molar-refractivity contribution is -0.124. The maximum Gasteiger partial charge on any atom is 0.262 e. The zero-order valence-electron chi connectivity index (χ0n) is 38.3. The van der Waals surface area contributed by atoms with Crippen LogP contribution < -0.4 is 25.2 Å². The van der Waals surface area contributed by atoms with Gasteiger partial charge in [-0.15, -0.1) is 11.3 Å². The van der Waals surface area contributed by atoms with Crippen molar-refractivity contribution in [1.29, 1.82) is 0 Å². The van der Waals surface area contributed by atoms with Crippen LogP contribution >= 0.6 is 11.3 Å². The van der Waals surface area contributed by atoms with Gasteiger partial charge in [-0.25, -0.2) is 13.8 Å². The van der Waals surface area contributed by atoms with Gasteiger partial charge in [-0.3, -0.25) is 29.0 Å². The molecule has 350 valence electrons. The van der Waals surface area contributed by atoms with Gasteiger partial charge in [0.15, 0.2) is 23.3 Å². The summed E-state index contributed by atoms with van der Waals surface area (Å²) in [5.74, 6) is -5.46. The van der Waals surface area contributed by atoms with Crippen molar-refractivity contribution < 1.29 is 41.8 Å². The molecule has 3 aliphatic heterocycles. The number of amides is 4. The van der Waals surface area contributed by atoms with Crippen LogP contribution in [-0.4, -0.2) is 117 Å². The summed E-state index contributed by atoms with van der Waals surface area (Å²) in [6.07, 6.45) is 4.65. The summed E-state index contributed by atoms with van der Waals surface area (Å²) < 4.78 is 55.9. The fourth-order valence-corrected chi connectivity index (χ4v) is 8.77. The molecule has 4 heterocycles. The van der Waals surface area contributed by atoms with E-state index in [0.29, 0.717) is 71.1 Å². The number of benzene rings is 2. The van der Waals surface area contributed by atoms with Gasteiger partial charge < -0.3 is 29.9 Å². The van der Waals surface area contributed by atoms with E-state index in [9.17, 15) is 23.6 Å². The topological polar surface area (TPSA) is 137 Å². The van der Waals surface area contributed by atoms with Crippen LogP contribution in [-0.2, 0) is 14.3 Å². The maximum absolute atomic E-state index is 15.5. The number of thiazole rings is 1. The number of hydrogen-bond acceptors (Lipinski definition) is 11. The number of nitrogens with one attached hydrogen (secondary N) is 2. The van der Waals surface area contributed by atoms with Crippen molar-refractivity contribution >= 4 is 45.8 Å². The number of halogens is 3. The third kappa shape index (κ3) is 12.2. The molecular weight excluding hydrogens is 848 g/mol. The molecule has 1 unspecified atom stereocenters. The molecule has 2 fully saturated rings. The number of anilines is 2. The molecule has 2 saturated heterocycles. The van der Waals surface area contributed by atoms with Crippen molar-refractivity contribution in [2.75, 3.05) is 82.0 Å². The number of rotatable bonds is 19. The second-order valence-corrected chi connectivity index (χ2v) is 18.5. The zero-order chi connectivity index (χ0) is 46.8. The molecule has 17 heteroatoms. The van der Waals surface area contributed by atoms with Gasteiger partial charge in [0.1, 0.15) is 11.9 Å². The van der Waals surface area contributed by atoms with E-state index in [1.165, 1.54) is 29.7 Å². The summed E-state index contributed by atoms with van der Waals surface area (Å²) in [6, 6.07) is 3.97. The highest BCUT2D eigenvalue weighted by Crippen LogP contribution is 2.38. The van der Waals surface area contributed by atoms with E-state index >= 15 is 8.78 Å². The average molecular weight is 912 g/mol. The SMILES string of the molecule is C=CNC(=O)C(CCC)N1C(=O)c2cc(F)c(N3CCN(CCC(C)(C)CCC(C)(C)CNC(=O)COc4c(-c5csc(N6CCOCC6)n5)ccc(F)c4F)CC3)cc2C1=O.CC. The molecule has 0 radical (unpaired) electrons. The van der Waals surface area contributed by atoms with E-state index in [-0.39, 0.29) is 45.4 Å². The maximum atomic E-state index is 15.5. The Kier molecular flexibility index (Phi) is 17.4. The summed E-state index contributed by atoms with van der Waals surface area (Å²) in [6.45, 7) is 23.6. The molecule has 0 saturated carbocycles. The Morgan fingerprint density at radius 1 is 0.906 bits per heavy atom. The molecule has 64 heavy (non-hydrogen) atoms. The van der Waals surface area contributed by atoms with E-state index in [1.807, 2.05) is 25.7 Å². The van der Waals surface area contributed by atoms with Crippen molar-refractivity contribution in [3.63, 3.8) is 0 Å². The van der Waals surface area contributed by atoms with E-state index in [2.05, 4.69) is 59.7 Å². The molecule has 6 rings (SSSR count). The first kappa shape index (κ1) is 50.0. The Labute approximate surface area is 379 Å². The summed E-state index contributed by atoms with van der Waals surface area (Å²) in [7, 11) is 0.